The Hall–Kier alpha value is -2.20. The first-order valence-electron chi connectivity index (χ1n) is 11.0. The average Bonchev–Trinajstić information content (AvgIpc) is 2.73. The number of piperazine rings is 1. The molecule has 1 saturated heterocycles. The van der Waals surface area contributed by atoms with Crippen LogP contribution in [0.15, 0.2) is 42.5 Å². The number of anilines is 1. The van der Waals surface area contributed by atoms with E-state index in [0.717, 1.165) is 63.9 Å². The maximum Gasteiger partial charge on any atom is 0.142 e. The predicted molar refractivity (Wildman–Crippen MR) is 122 cm³/mol. The minimum Gasteiger partial charge on any atom is -0.492 e. The van der Waals surface area contributed by atoms with Crippen molar-refractivity contribution >= 4 is 5.69 Å². The second-order valence-corrected chi connectivity index (χ2v) is 8.19. The SMILES string of the molecule is CCCOc1ccccc1N1CCN(CCOc2cc(C)ccc2C(C)C)CC1. The zero-order valence-corrected chi connectivity index (χ0v) is 18.5. The first kappa shape index (κ1) is 21.5. The Morgan fingerprint density at radius 1 is 0.897 bits per heavy atom. The second kappa shape index (κ2) is 10.5. The highest BCUT2D eigenvalue weighted by Gasteiger charge is 2.19. The Morgan fingerprint density at radius 2 is 1.62 bits per heavy atom. The third kappa shape index (κ3) is 5.89. The largest absolute Gasteiger partial charge is 0.492 e. The molecule has 2 aromatic carbocycles. The lowest BCUT2D eigenvalue weighted by molar-refractivity contribution is 0.199. The molecule has 0 radical (unpaired) electrons. The molecule has 1 heterocycles. The smallest absolute Gasteiger partial charge is 0.142 e. The van der Waals surface area contributed by atoms with Crippen molar-refractivity contribution < 1.29 is 9.47 Å². The summed E-state index contributed by atoms with van der Waals surface area (Å²) in [4.78, 5) is 4.94. The lowest BCUT2D eigenvalue weighted by atomic mass is 10.0. The van der Waals surface area contributed by atoms with Crippen molar-refractivity contribution in [3.8, 4) is 11.5 Å². The molecule has 1 aliphatic rings. The molecule has 0 atom stereocenters. The van der Waals surface area contributed by atoms with E-state index in [1.807, 2.05) is 0 Å². The van der Waals surface area contributed by atoms with E-state index in [4.69, 9.17) is 9.47 Å². The van der Waals surface area contributed by atoms with Gasteiger partial charge in [-0.15, -0.1) is 0 Å². The molecule has 0 bridgehead atoms. The Kier molecular flexibility index (Phi) is 7.82. The molecular weight excluding hydrogens is 360 g/mol. The summed E-state index contributed by atoms with van der Waals surface area (Å²) in [6.07, 6.45) is 1.03. The summed E-state index contributed by atoms with van der Waals surface area (Å²) in [5.74, 6) is 2.52. The number of rotatable bonds is 9. The number of hydrogen-bond donors (Lipinski definition) is 0. The lowest BCUT2D eigenvalue weighted by Crippen LogP contribution is -2.47. The molecule has 0 amide bonds. The number of ether oxygens (including phenoxy) is 2. The average molecular weight is 397 g/mol. The molecule has 0 aliphatic carbocycles. The fourth-order valence-electron chi connectivity index (χ4n) is 3.79. The number of para-hydroxylation sites is 2. The molecule has 0 N–H and O–H groups in total. The topological polar surface area (TPSA) is 24.9 Å². The molecule has 0 spiro atoms. The molecule has 0 saturated carbocycles. The lowest BCUT2D eigenvalue weighted by Gasteiger charge is -2.36. The monoisotopic (exact) mass is 396 g/mol. The summed E-state index contributed by atoms with van der Waals surface area (Å²) in [5.41, 5.74) is 3.77. The predicted octanol–water partition coefficient (Wildman–Crippen LogP) is 5.11. The van der Waals surface area contributed by atoms with Gasteiger partial charge in [-0.2, -0.15) is 0 Å². The van der Waals surface area contributed by atoms with E-state index in [0.29, 0.717) is 5.92 Å². The standard InChI is InChI=1S/C25H36N2O2/c1-5-17-28-24-9-7-6-8-23(24)27-14-12-26(13-15-27)16-18-29-25-19-21(4)10-11-22(25)20(2)3/h6-11,19-20H,5,12-18H2,1-4H3. The Balaban J connectivity index is 1.49. The molecule has 29 heavy (non-hydrogen) atoms. The Bertz CT molecular complexity index is 767. The fraction of sp³-hybridized carbons (Fsp3) is 0.520. The van der Waals surface area contributed by atoms with E-state index in [-0.39, 0.29) is 0 Å². The van der Waals surface area contributed by atoms with Crippen LogP contribution in [0.4, 0.5) is 5.69 Å². The van der Waals surface area contributed by atoms with Crippen molar-refractivity contribution in [1.82, 2.24) is 4.90 Å². The van der Waals surface area contributed by atoms with Crippen LogP contribution >= 0.6 is 0 Å². The number of benzene rings is 2. The highest BCUT2D eigenvalue weighted by molar-refractivity contribution is 5.58. The van der Waals surface area contributed by atoms with Crippen molar-refractivity contribution in [1.29, 1.82) is 0 Å². The van der Waals surface area contributed by atoms with Crippen LogP contribution in [0.1, 0.15) is 44.2 Å². The van der Waals surface area contributed by atoms with Gasteiger partial charge in [0.2, 0.25) is 0 Å². The number of aryl methyl sites for hydroxylation is 1. The van der Waals surface area contributed by atoms with Crippen molar-refractivity contribution in [2.45, 2.75) is 40.0 Å². The van der Waals surface area contributed by atoms with Gasteiger partial charge in [-0.1, -0.05) is 45.0 Å². The van der Waals surface area contributed by atoms with E-state index in [9.17, 15) is 0 Å². The van der Waals surface area contributed by atoms with Crippen LogP contribution in [-0.2, 0) is 0 Å². The van der Waals surface area contributed by atoms with Gasteiger partial charge in [0.25, 0.3) is 0 Å². The van der Waals surface area contributed by atoms with Gasteiger partial charge in [0.1, 0.15) is 18.1 Å². The zero-order valence-electron chi connectivity index (χ0n) is 18.5. The summed E-state index contributed by atoms with van der Waals surface area (Å²) in [6.45, 7) is 15.3. The van der Waals surface area contributed by atoms with Gasteiger partial charge in [-0.25, -0.2) is 0 Å². The molecule has 2 aromatic rings. The normalized spacial score (nSPS) is 15.0. The molecule has 0 aromatic heterocycles. The van der Waals surface area contributed by atoms with Crippen LogP contribution < -0.4 is 14.4 Å². The highest BCUT2D eigenvalue weighted by atomic mass is 16.5. The van der Waals surface area contributed by atoms with Crippen LogP contribution in [0.5, 0.6) is 11.5 Å². The van der Waals surface area contributed by atoms with E-state index >= 15 is 0 Å². The maximum absolute atomic E-state index is 6.18. The van der Waals surface area contributed by atoms with Crippen LogP contribution in [0.25, 0.3) is 0 Å². The molecule has 1 fully saturated rings. The van der Waals surface area contributed by atoms with Gasteiger partial charge in [-0.3, -0.25) is 4.90 Å². The summed E-state index contributed by atoms with van der Waals surface area (Å²) in [5, 5.41) is 0. The van der Waals surface area contributed by atoms with Gasteiger partial charge in [0, 0.05) is 32.7 Å². The van der Waals surface area contributed by atoms with Crippen molar-refractivity contribution in [3.63, 3.8) is 0 Å². The highest BCUT2D eigenvalue weighted by Crippen LogP contribution is 2.29. The van der Waals surface area contributed by atoms with Gasteiger partial charge in [0.05, 0.1) is 12.3 Å². The minimum atomic E-state index is 0.476. The van der Waals surface area contributed by atoms with Gasteiger partial charge in [-0.05, 0) is 48.6 Å². The third-order valence-corrected chi connectivity index (χ3v) is 5.50. The molecule has 4 heteroatoms. The quantitative estimate of drug-likeness (QED) is 0.588. The molecule has 0 unspecified atom stereocenters. The van der Waals surface area contributed by atoms with E-state index in [2.05, 4.69) is 80.0 Å². The molecule has 3 rings (SSSR count). The van der Waals surface area contributed by atoms with Crippen LogP contribution in [0.3, 0.4) is 0 Å². The van der Waals surface area contributed by atoms with Crippen LogP contribution in [0.2, 0.25) is 0 Å². The van der Waals surface area contributed by atoms with Crippen molar-refractivity contribution in [2.75, 3.05) is 50.8 Å². The fourth-order valence-corrected chi connectivity index (χ4v) is 3.79. The van der Waals surface area contributed by atoms with Crippen molar-refractivity contribution in [3.05, 3.63) is 53.6 Å². The van der Waals surface area contributed by atoms with Gasteiger partial charge < -0.3 is 14.4 Å². The van der Waals surface area contributed by atoms with Gasteiger partial charge >= 0.3 is 0 Å². The Labute approximate surface area is 176 Å². The summed E-state index contributed by atoms with van der Waals surface area (Å²) in [7, 11) is 0. The van der Waals surface area contributed by atoms with E-state index in [1.165, 1.54) is 16.8 Å². The molecular formula is C25H36N2O2. The zero-order chi connectivity index (χ0) is 20.6. The second-order valence-electron chi connectivity index (χ2n) is 8.19. The van der Waals surface area contributed by atoms with E-state index < -0.39 is 0 Å². The van der Waals surface area contributed by atoms with Crippen LogP contribution in [-0.4, -0.2) is 50.8 Å². The van der Waals surface area contributed by atoms with E-state index in [1.54, 1.807) is 0 Å². The van der Waals surface area contributed by atoms with Gasteiger partial charge in [0.15, 0.2) is 0 Å². The van der Waals surface area contributed by atoms with Crippen molar-refractivity contribution in [2.24, 2.45) is 0 Å². The molecule has 4 nitrogen and oxygen atoms in total. The summed E-state index contributed by atoms with van der Waals surface area (Å²) < 4.78 is 12.1. The Morgan fingerprint density at radius 3 is 2.34 bits per heavy atom. The van der Waals surface area contributed by atoms with Crippen LogP contribution in [0, 0.1) is 6.92 Å². The number of hydrogen-bond acceptors (Lipinski definition) is 4. The summed E-state index contributed by atoms with van der Waals surface area (Å²) in [6, 6.07) is 15.0. The molecule has 158 valence electrons. The number of nitrogens with zero attached hydrogens (tertiary/aromatic N) is 2. The first-order valence-corrected chi connectivity index (χ1v) is 11.0. The first-order chi connectivity index (χ1) is 14.1. The maximum atomic E-state index is 6.18. The third-order valence-electron chi connectivity index (χ3n) is 5.50. The minimum absolute atomic E-state index is 0.476. The molecule has 1 aliphatic heterocycles. The summed E-state index contributed by atoms with van der Waals surface area (Å²) >= 11 is 0.